The number of fused-ring (bicyclic) bond motifs is 1. The molecule has 2 fully saturated rings. The van der Waals surface area contributed by atoms with Crippen molar-refractivity contribution < 1.29 is 24.5 Å². The lowest BCUT2D eigenvalue weighted by Gasteiger charge is -2.34. The number of ether oxygens (including phenoxy) is 1. The molecule has 2 aliphatic carbocycles. The van der Waals surface area contributed by atoms with Gasteiger partial charge in [0.2, 0.25) is 0 Å². The first-order valence-electron chi connectivity index (χ1n) is 8.57. The van der Waals surface area contributed by atoms with E-state index in [9.17, 15) is 19.8 Å². The lowest BCUT2D eigenvalue weighted by molar-refractivity contribution is -0.152. The van der Waals surface area contributed by atoms with Crippen LogP contribution in [0.15, 0.2) is 29.7 Å². The van der Waals surface area contributed by atoms with E-state index in [1.165, 1.54) is 18.1 Å². The number of aromatic amines is 1. The highest BCUT2D eigenvalue weighted by Crippen LogP contribution is 2.65. The summed E-state index contributed by atoms with van der Waals surface area (Å²) in [6.45, 7) is 0.0401. The number of benzene rings is 1. The molecule has 29 heavy (non-hydrogen) atoms. The van der Waals surface area contributed by atoms with Gasteiger partial charge in [-0.1, -0.05) is 41.0 Å². The maximum atomic E-state index is 12.1. The predicted molar refractivity (Wildman–Crippen MR) is 104 cm³/mol. The topological polar surface area (TPSA) is 151 Å². The number of halogens is 2. The van der Waals surface area contributed by atoms with E-state index in [0.29, 0.717) is 20.8 Å². The van der Waals surface area contributed by atoms with Gasteiger partial charge in [-0.2, -0.15) is 5.10 Å². The SMILES string of the molecule is NC1(C(=O)O)C(OCc2ccc(Cl)c(Cl)c2)C(Sc2ncn[nH]2)C2C(C(=O)O)C21. The van der Waals surface area contributed by atoms with Crippen LogP contribution in [0.1, 0.15) is 5.56 Å². The van der Waals surface area contributed by atoms with Crippen molar-refractivity contribution in [3.05, 3.63) is 40.1 Å². The molecular formula is C17H16Cl2N4O5S. The van der Waals surface area contributed by atoms with Gasteiger partial charge in [0.15, 0.2) is 5.16 Å². The van der Waals surface area contributed by atoms with E-state index in [0.717, 1.165) is 0 Å². The zero-order valence-electron chi connectivity index (χ0n) is 14.7. The van der Waals surface area contributed by atoms with E-state index in [1.807, 2.05) is 0 Å². The normalized spacial score (nSPS) is 32.7. The van der Waals surface area contributed by atoms with Crippen LogP contribution in [0, 0.1) is 17.8 Å². The molecule has 154 valence electrons. The van der Waals surface area contributed by atoms with Crippen molar-refractivity contribution in [3.63, 3.8) is 0 Å². The highest BCUT2D eigenvalue weighted by Gasteiger charge is 2.78. The number of H-pyrrole nitrogens is 1. The Bertz CT molecular complexity index is 961. The van der Waals surface area contributed by atoms with Gasteiger partial charge >= 0.3 is 11.9 Å². The Hall–Kier alpha value is -1.85. The molecule has 2 aromatic rings. The summed E-state index contributed by atoms with van der Waals surface area (Å²) >= 11 is 13.1. The molecule has 12 heteroatoms. The van der Waals surface area contributed by atoms with Gasteiger partial charge in [-0.3, -0.25) is 14.7 Å². The van der Waals surface area contributed by atoms with Gasteiger partial charge in [-0.05, 0) is 23.6 Å². The van der Waals surface area contributed by atoms with E-state index in [1.54, 1.807) is 18.2 Å². The molecule has 4 rings (SSSR count). The average Bonchev–Trinajstić information content (AvgIpc) is 3.12. The van der Waals surface area contributed by atoms with Crippen LogP contribution in [-0.2, 0) is 20.9 Å². The first-order chi connectivity index (χ1) is 13.7. The fraction of sp³-hybridized carbons (Fsp3) is 0.412. The van der Waals surface area contributed by atoms with Crippen molar-refractivity contribution in [2.75, 3.05) is 0 Å². The molecular weight excluding hydrogens is 443 g/mol. The van der Waals surface area contributed by atoms with Gasteiger partial charge < -0.3 is 20.7 Å². The summed E-state index contributed by atoms with van der Waals surface area (Å²) in [4.78, 5) is 27.8. The minimum absolute atomic E-state index is 0.0401. The third-order valence-corrected chi connectivity index (χ3v) is 7.48. The summed E-state index contributed by atoms with van der Waals surface area (Å²) in [6.07, 6.45) is 0.365. The van der Waals surface area contributed by atoms with Crippen LogP contribution in [0.25, 0.3) is 0 Å². The fourth-order valence-electron chi connectivity index (χ4n) is 4.17. The van der Waals surface area contributed by atoms with Gasteiger partial charge in [0.1, 0.15) is 11.9 Å². The minimum Gasteiger partial charge on any atom is -0.481 e. The Morgan fingerprint density at radius 3 is 2.66 bits per heavy atom. The Labute approximate surface area is 178 Å². The third-order valence-electron chi connectivity index (χ3n) is 5.49. The Morgan fingerprint density at radius 2 is 2.07 bits per heavy atom. The summed E-state index contributed by atoms with van der Waals surface area (Å²) in [7, 11) is 0. The van der Waals surface area contributed by atoms with Crippen LogP contribution in [0.3, 0.4) is 0 Å². The highest BCUT2D eigenvalue weighted by atomic mass is 35.5. The zero-order valence-corrected chi connectivity index (χ0v) is 17.0. The summed E-state index contributed by atoms with van der Waals surface area (Å²) in [5.41, 5.74) is 5.14. The molecule has 0 radical (unpaired) electrons. The number of carboxylic acid groups (broad SMARTS) is 2. The molecule has 1 aromatic carbocycles. The number of hydrogen-bond donors (Lipinski definition) is 4. The zero-order chi connectivity index (χ0) is 20.9. The molecule has 0 saturated heterocycles. The van der Waals surface area contributed by atoms with Crippen LogP contribution < -0.4 is 5.73 Å². The smallest absolute Gasteiger partial charge is 0.326 e. The van der Waals surface area contributed by atoms with Crippen molar-refractivity contribution in [1.29, 1.82) is 0 Å². The quantitative estimate of drug-likeness (QED) is 0.487. The molecule has 2 aliphatic rings. The number of carboxylic acids is 2. The molecule has 5 N–H and O–H groups in total. The molecule has 1 heterocycles. The summed E-state index contributed by atoms with van der Waals surface area (Å²) < 4.78 is 5.97. The first-order valence-corrected chi connectivity index (χ1v) is 10.2. The monoisotopic (exact) mass is 458 g/mol. The molecule has 6 unspecified atom stereocenters. The van der Waals surface area contributed by atoms with E-state index in [4.69, 9.17) is 33.7 Å². The van der Waals surface area contributed by atoms with E-state index in [-0.39, 0.29) is 6.61 Å². The third kappa shape index (κ3) is 3.38. The van der Waals surface area contributed by atoms with Crippen LogP contribution in [0.2, 0.25) is 10.0 Å². The number of carbonyl (C=O) groups is 2. The molecule has 2 saturated carbocycles. The number of hydrogen-bond acceptors (Lipinski definition) is 7. The predicted octanol–water partition coefficient (Wildman–Crippen LogP) is 1.90. The minimum atomic E-state index is -1.85. The van der Waals surface area contributed by atoms with Gasteiger partial charge in [-0.25, -0.2) is 4.98 Å². The number of thioether (sulfide) groups is 1. The summed E-state index contributed by atoms with van der Waals surface area (Å²) in [5, 5.41) is 26.5. The van der Waals surface area contributed by atoms with Gasteiger partial charge in [-0.15, -0.1) is 0 Å². The van der Waals surface area contributed by atoms with Crippen LogP contribution in [-0.4, -0.2) is 54.2 Å². The Kier molecular flexibility index (Phi) is 5.24. The van der Waals surface area contributed by atoms with Crippen molar-refractivity contribution >= 4 is 46.9 Å². The lowest BCUT2D eigenvalue weighted by atomic mass is 9.88. The standard InChI is InChI=1S/C17H16Cl2N4O5S/c18-7-2-1-6(3-8(7)19)4-28-13-12(29-16-21-5-22-23-16)9-10(14(24)25)11(9)17(13,20)15(26)27/h1-3,5,9-13H,4,20H2,(H,24,25)(H,26,27)(H,21,22,23). The van der Waals surface area contributed by atoms with Crippen molar-refractivity contribution in [1.82, 2.24) is 15.2 Å². The molecule has 0 spiro atoms. The second-order valence-corrected chi connectivity index (χ2v) is 9.04. The largest absolute Gasteiger partial charge is 0.481 e. The number of aliphatic carboxylic acids is 2. The van der Waals surface area contributed by atoms with E-state index < -0.39 is 46.6 Å². The Morgan fingerprint density at radius 1 is 1.31 bits per heavy atom. The fourth-order valence-corrected chi connectivity index (χ4v) is 5.89. The second-order valence-electron chi connectivity index (χ2n) is 7.06. The highest BCUT2D eigenvalue weighted by molar-refractivity contribution is 7.99. The van der Waals surface area contributed by atoms with Crippen molar-refractivity contribution in [2.45, 2.75) is 28.7 Å². The summed E-state index contributed by atoms with van der Waals surface area (Å²) in [5.74, 6) is -4.40. The first kappa shape index (κ1) is 20.4. The average molecular weight is 459 g/mol. The van der Waals surface area contributed by atoms with E-state index in [2.05, 4.69) is 15.2 Å². The number of aromatic nitrogens is 3. The molecule has 0 amide bonds. The molecule has 6 atom stereocenters. The van der Waals surface area contributed by atoms with Crippen LogP contribution >= 0.6 is 35.0 Å². The second kappa shape index (κ2) is 7.44. The van der Waals surface area contributed by atoms with E-state index >= 15 is 0 Å². The number of nitrogens with zero attached hydrogens (tertiary/aromatic N) is 2. The number of rotatable bonds is 7. The summed E-state index contributed by atoms with van der Waals surface area (Å²) in [6, 6.07) is 4.95. The van der Waals surface area contributed by atoms with Gasteiger partial charge in [0.05, 0.1) is 28.7 Å². The van der Waals surface area contributed by atoms with Gasteiger partial charge in [0.25, 0.3) is 0 Å². The number of nitrogens with two attached hydrogens (primary N) is 1. The lowest BCUT2D eigenvalue weighted by Crippen LogP contribution is -2.61. The maximum absolute atomic E-state index is 12.1. The molecule has 9 nitrogen and oxygen atoms in total. The molecule has 1 aromatic heterocycles. The molecule has 0 bridgehead atoms. The maximum Gasteiger partial charge on any atom is 0.326 e. The molecule has 0 aliphatic heterocycles. The van der Waals surface area contributed by atoms with Crippen LogP contribution in [0.4, 0.5) is 0 Å². The number of nitrogens with one attached hydrogen (secondary N) is 1. The van der Waals surface area contributed by atoms with Crippen LogP contribution in [0.5, 0.6) is 0 Å². The van der Waals surface area contributed by atoms with Gasteiger partial charge in [0, 0.05) is 11.2 Å². The Balaban J connectivity index is 1.63. The van der Waals surface area contributed by atoms with Crippen molar-refractivity contribution in [3.8, 4) is 0 Å². The van der Waals surface area contributed by atoms with Crippen molar-refractivity contribution in [2.24, 2.45) is 23.5 Å².